The summed E-state index contributed by atoms with van der Waals surface area (Å²) >= 11 is 1.30. The van der Waals surface area contributed by atoms with E-state index < -0.39 is 5.60 Å². The van der Waals surface area contributed by atoms with Gasteiger partial charge in [-0.2, -0.15) is 0 Å². The standard InChI is InChI=1S/C14H18N4O2S/c1-3-14(2,20)9-15-13(19)16-11-6-4-10(5-7-11)12-8-21-18-17-12/h4-8,20H,3,9H2,1-2H3,(H2,15,16,19). The molecule has 7 heteroatoms. The quantitative estimate of drug-likeness (QED) is 0.792. The maximum absolute atomic E-state index is 11.7. The van der Waals surface area contributed by atoms with Crippen molar-refractivity contribution in [2.75, 3.05) is 11.9 Å². The second-order valence-electron chi connectivity index (χ2n) is 5.03. The van der Waals surface area contributed by atoms with Crippen LogP contribution in [0.3, 0.4) is 0 Å². The molecule has 0 bridgehead atoms. The van der Waals surface area contributed by atoms with E-state index in [1.165, 1.54) is 11.5 Å². The molecular formula is C14H18N4O2S. The summed E-state index contributed by atoms with van der Waals surface area (Å²) in [6.07, 6.45) is 0.573. The third kappa shape index (κ3) is 4.51. The van der Waals surface area contributed by atoms with Crippen molar-refractivity contribution in [3.8, 4) is 11.3 Å². The summed E-state index contributed by atoms with van der Waals surface area (Å²) in [5, 5.41) is 21.0. The minimum atomic E-state index is -0.890. The fourth-order valence-corrected chi connectivity index (χ4v) is 2.05. The van der Waals surface area contributed by atoms with Crippen LogP contribution >= 0.6 is 11.5 Å². The van der Waals surface area contributed by atoms with Crippen LogP contribution in [0.25, 0.3) is 11.3 Å². The summed E-state index contributed by atoms with van der Waals surface area (Å²) in [7, 11) is 0. The molecule has 0 aliphatic carbocycles. The van der Waals surface area contributed by atoms with Gasteiger partial charge < -0.3 is 15.7 Å². The Morgan fingerprint density at radius 1 is 1.38 bits per heavy atom. The number of anilines is 1. The Kier molecular flexibility index (Phi) is 4.87. The van der Waals surface area contributed by atoms with E-state index in [0.29, 0.717) is 12.1 Å². The van der Waals surface area contributed by atoms with Crippen LogP contribution in [-0.4, -0.2) is 32.9 Å². The number of amides is 2. The van der Waals surface area contributed by atoms with E-state index in [9.17, 15) is 9.90 Å². The Bertz CT molecular complexity index is 582. The van der Waals surface area contributed by atoms with Crippen molar-refractivity contribution in [3.63, 3.8) is 0 Å². The first-order valence-corrected chi connectivity index (χ1v) is 7.48. The molecule has 21 heavy (non-hydrogen) atoms. The highest BCUT2D eigenvalue weighted by molar-refractivity contribution is 7.03. The van der Waals surface area contributed by atoms with Gasteiger partial charge in [-0.25, -0.2) is 4.79 Å². The minimum Gasteiger partial charge on any atom is -0.388 e. The Balaban J connectivity index is 1.90. The number of nitrogens with zero attached hydrogens (tertiary/aromatic N) is 2. The van der Waals surface area contributed by atoms with Gasteiger partial charge in [0.05, 0.1) is 5.60 Å². The van der Waals surface area contributed by atoms with Crippen molar-refractivity contribution in [1.29, 1.82) is 0 Å². The van der Waals surface area contributed by atoms with Gasteiger partial charge in [0.15, 0.2) is 0 Å². The van der Waals surface area contributed by atoms with Gasteiger partial charge in [-0.1, -0.05) is 23.5 Å². The number of hydrogen-bond donors (Lipinski definition) is 3. The van der Waals surface area contributed by atoms with Crippen LogP contribution in [0.2, 0.25) is 0 Å². The summed E-state index contributed by atoms with van der Waals surface area (Å²) in [5.41, 5.74) is 1.55. The highest BCUT2D eigenvalue weighted by Crippen LogP contribution is 2.20. The number of aliphatic hydroxyl groups is 1. The van der Waals surface area contributed by atoms with Gasteiger partial charge in [0, 0.05) is 23.2 Å². The second kappa shape index (κ2) is 6.64. The molecular weight excluding hydrogens is 288 g/mol. The van der Waals surface area contributed by atoms with E-state index in [1.807, 2.05) is 24.4 Å². The van der Waals surface area contributed by atoms with Crippen LogP contribution in [0.15, 0.2) is 29.6 Å². The van der Waals surface area contributed by atoms with Crippen LogP contribution in [0.1, 0.15) is 20.3 Å². The number of rotatable bonds is 5. The Morgan fingerprint density at radius 3 is 2.67 bits per heavy atom. The van der Waals surface area contributed by atoms with Crippen molar-refractivity contribution in [1.82, 2.24) is 14.9 Å². The molecule has 2 aromatic rings. The molecule has 1 unspecified atom stereocenters. The van der Waals surface area contributed by atoms with Crippen molar-refractivity contribution in [2.45, 2.75) is 25.9 Å². The van der Waals surface area contributed by atoms with Crippen LogP contribution in [-0.2, 0) is 0 Å². The first-order chi connectivity index (χ1) is 10.00. The zero-order chi connectivity index (χ0) is 15.3. The lowest BCUT2D eigenvalue weighted by atomic mass is 10.0. The average molecular weight is 306 g/mol. The first-order valence-electron chi connectivity index (χ1n) is 6.65. The fourth-order valence-electron chi connectivity index (χ4n) is 1.59. The normalized spacial score (nSPS) is 13.5. The van der Waals surface area contributed by atoms with Crippen molar-refractivity contribution in [2.24, 2.45) is 0 Å². The van der Waals surface area contributed by atoms with E-state index >= 15 is 0 Å². The van der Waals surface area contributed by atoms with Crippen molar-refractivity contribution < 1.29 is 9.90 Å². The lowest BCUT2D eigenvalue weighted by Crippen LogP contribution is -2.41. The summed E-state index contributed by atoms with van der Waals surface area (Å²) in [4.78, 5) is 11.7. The lowest BCUT2D eigenvalue weighted by Gasteiger charge is -2.21. The third-order valence-electron chi connectivity index (χ3n) is 3.19. The summed E-state index contributed by atoms with van der Waals surface area (Å²) in [6.45, 7) is 3.76. The molecule has 0 aliphatic rings. The fraction of sp³-hybridized carbons (Fsp3) is 0.357. The second-order valence-corrected chi connectivity index (χ2v) is 5.64. The maximum atomic E-state index is 11.7. The van der Waals surface area contributed by atoms with Crippen molar-refractivity contribution >= 4 is 23.3 Å². The molecule has 0 saturated carbocycles. The van der Waals surface area contributed by atoms with E-state index in [2.05, 4.69) is 20.2 Å². The van der Waals surface area contributed by atoms with Gasteiger partial charge in [0.25, 0.3) is 0 Å². The molecule has 1 aromatic carbocycles. The zero-order valence-corrected chi connectivity index (χ0v) is 12.8. The number of carbonyl (C=O) groups is 1. The molecule has 1 heterocycles. The van der Waals surface area contributed by atoms with Gasteiger partial charge >= 0.3 is 6.03 Å². The van der Waals surface area contributed by atoms with Gasteiger partial charge in [0.1, 0.15) is 5.69 Å². The molecule has 1 atom stereocenters. The number of hydrogen-bond acceptors (Lipinski definition) is 5. The predicted octanol–water partition coefficient (Wildman–Crippen LogP) is 2.49. The average Bonchev–Trinajstić information content (AvgIpc) is 3.00. The molecule has 2 amide bonds. The lowest BCUT2D eigenvalue weighted by molar-refractivity contribution is 0.0587. The molecule has 3 N–H and O–H groups in total. The van der Waals surface area contributed by atoms with Crippen LogP contribution in [0.4, 0.5) is 10.5 Å². The number of nitrogens with one attached hydrogen (secondary N) is 2. The van der Waals surface area contributed by atoms with E-state index in [-0.39, 0.29) is 12.6 Å². The van der Waals surface area contributed by atoms with Crippen LogP contribution < -0.4 is 10.6 Å². The Morgan fingerprint density at radius 2 is 2.10 bits per heavy atom. The monoisotopic (exact) mass is 306 g/mol. The summed E-state index contributed by atoms with van der Waals surface area (Å²) in [6, 6.07) is 6.99. The molecule has 2 rings (SSSR count). The first kappa shape index (κ1) is 15.4. The topological polar surface area (TPSA) is 87.1 Å². The smallest absolute Gasteiger partial charge is 0.319 e. The number of aromatic nitrogens is 2. The van der Waals surface area contributed by atoms with Gasteiger partial charge in [-0.15, -0.1) is 5.10 Å². The largest absolute Gasteiger partial charge is 0.388 e. The predicted molar refractivity (Wildman–Crippen MR) is 83.3 cm³/mol. The molecule has 0 fully saturated rings. The highest BCUT2D eigenvalue weighted by atomic mass is 32.1. The molecule has 0 aliphatic heterocycles. The van der Waals surface area contributed by atoms with Gasteiger partial charge in [0.2, 0.25) is 0 Å². The van der Waals surface area contributed by atoms with E-state index in [0.717, 1.165) is 11.3 Å². The number of carbonyl (C=O) groups excluding carboxylic acids is 1. The Hall–Kier alpha value is -1.99. The van der Waals surface area contributed by atoms with Gasteiger partial charge in [-0.05, 0) is 37.0 Å². The van der Waals surface area contributed by atoms with Crippen molar-refractivity contribution in [3.05, 3.63) is 29.6 Å². The minimum absolute atomic E-state index is 0.206. The maximum Gasteiger partial charge on any atom is 0.319 e. The molecule has 0 saturated heterocycles. The van der Waals surface area contributed by atoms with Crippen LogP contribution in [0, 0.1) is 0 Å². The van der Waals surface area contributed by atoms with E-state index in [1.54, 1.807) is 19.1 Å². The molecule has 0 spiro atoms. The molecule has 6 nitrogen and oxygen atoms in total. The molecule has 112 valence electrons. The van der Waals surface area contributed by atoms with Gasteiger partial charge in [-0.3, -0.25) is 0 Å². The highest BCUT2D eigenvalue weighted by Gasteiger charge is 2.18. The van der Waals surface area contributed by atoms with E-state index in [4.69, 9.17) is 0 Å². The summed E-state index contributed by atoms with van der Waals surface area (Å²) < 4.78 is 3.81. The molecule has 0 radical (unpaired) electrons. The molecule has 1 aromatic heterocycles. The summed E-state index contributed by atoms with van der Waals surface area (Å²) in [5.74, 6) is 0. The number of urea groups is 1. The SMILES string of the molecule is CCC(C)(O)CNC(=O)Nc1ccc(-c2csnn2)cc1. The third-order valence-corrected chi connectivity index (χ3v) is 3.69. The zero-order valence-electron chi connectivity index (χ0n) is 12.0. The Labute approximate surface area is 127 Å². The number of benzene rings is 1. The van der Waals surface area contributed by atoms with Crippen LogP contribution in [0.5, 0.6) is 0 Å².